The van der Waals surface area contributed by atoms with Crippen molar-refractivity contribution in [2.45, 2.75) is 57.5 Å². The lowest BCUT2D eigenvalue weighted by molar-refractivity contribution is 0.168. The summed E-state index contributed by atoms with van der Waals surface area (Å²) in [5.41, 5.74) is 2.92. The minimum atomic E-state index is -1.80. The largest absolute Gasteiger partial charge is 0.331 e. The molecule has 2 aromatic rings. The van der Waals surface area contributed by atoms with Crippen molar-refractivity contribution in [1.29, 1.82) is 0 Å². The average Bonchev–Trinajstić information content (AvgIpc) is 2.99. The van der Waals surface area contributed by atoms with E-state index in [2.05, 4.69) is 20.0 Å². The highest BCUT2D eigenvalue weighted by Gasteiger charge is 2.21. The van der Waals surface area contributed by atoms with Crippen molar-refractivity contribution in [2.75, 3.05) is 18.4 Å². The minimum absolute atomic E-state index is 0.0128. The molecule has 7 nitrogen and oxygen atoms in total. The number of anilines is 1. The van der Waals surface area contributed by atoms with Gasteiger partial charge in [-0.2, -0.15) is 5.10 Å². The van der Waals surface area contributed by atoms with Gasteiger partial charge in [-0.05, 0) is 60.7 Å². The van der Waals surface area contributed by atoms with Crippen molar-refractivity contribution >= 4 is 22.7 Å². The summed E-state index contributed by atoms with van der Waals surface area (Å²) >= 11 is 0. The van der Waals surface area contributed by atoms with Gasteiger partial charge in [-0.25, -0.2) is 13.4 Å². The van der Waals surface area contributed by atoms with E-state index in [1.165, 1.54) is 18.6 Å². The molecule has 0 aliphatic carbocycles. The van der Waals surface area contributed by atoms with Gasteiger partial charge in [0.25, 0.3) is 0 Å². The number of aromatic nitrogens is 2. The highest BCUT2D eigenvalue weighted by molar-refractivity contribution is 7.83. The number of rotatable bonds is 7. The van der Waals surface area contributed by atoms with E-state index in [0.29, 0.717) is 21.8 Å². The SMILES string of the molecule is CC(C)c1cc(F)cc(C(C)C)c1NC(=O)NS(=O)c1cc(CN2CCC2)n(C)n1. The molecule has 164 valence electrons. The van der Waals surface area contributed by atoms with Crippen molar-refractivity contribution in [3.63, 3.8) is 0 Å². The number of benzene rings is 1. The predicted octanol–water partition coefficient (Wildman–Crippen LogP) is 3.86. The summed E-state index contributed by atoms with van der Waals surface area (Å²) in [5.74, 6) is -0.308. The van der Waals surface area contributed by atoms with Gasteiger partial charge < -0.3 is 5.32 Å². The molecule has 1 saturated heterocycles. The van der Waals surface area contributed by atoms with Crippen LogP contribution in [0.3, 0.4) is 0 Å². The third-order valence-corrected chi connectivity index (χ3v) is 6.26. The van der Waals surface area contributed by atoms with E-state index in [0.717, 1.165) is 25.3 Å². The van der Waals surface area contributed by atoms with Crippen LogP contribution in [0.1, 0.15) is 62.8 Å². The first-order valence-electron chi connectivity index (χ1n) is 10.2. The molecule has 9 heteroatoms. The second kappa shape index (κ2) is 9.26. The number of urea groups is 1. The molecule has 1 atom stereocenters. The van der Waals surface area contributed by atoms with Crippen molar-refractivity contribution in [1.82, 2.24) is 19.4 Å². The van der Waals surface area contributed by atoms with Crippen molar-refractivity contribution in [2.24, 2.45) is 7.05 Å². The second-order valence-electron chi connectivity index (χ2n) is 8.32. The molecule has 1 unspecified atom stereocenters. The van der Waals surface area contributed by atoms with Crippen LogP contribution < -0.4 is 10.0 Å². The Kier molecular flexibility index (Phi) is 6.92. The van der Waals surface area contributed by atoms with Gasteiger partial charge in [0.15, 0.2) is 16.0 Å². The topological polar surface area (TPSA) is 79.3 Å². The lowest BCUT2D eigenvalue weighted by Gasteiger charge is -2.30. The van der Waals surface area contributed by atoms with Crippen molar-refractivity contribution in [3.8, 4) is 0 Å². The summed E-state index contributed by atoms with van der Waals surface area (Å²) in [5, 5.41) is 7.37. The minimum Gasteiger partial charge on any atom is -0.307 e. The number of hydrogen-bond acceptors (Lipinski definition) is 4. The second-order valence-corrected chi connectivity index (χ2v) is 9.48. The number of halogens is 1. The Morgan fingerprint density at radius 3 is 2.27 bits per heavy atom. The zero-order chi connectivity index (χ0) is 22.0. The Balaban J connectivity index is 1.74. The molecule has 2 N–H and O–H groups in total. The number of likely N-dealkylation sites (tertiary alicyclic amines) is 1. The summed E-state index contributed by atoms with van der Waals surface area (Å²) in [4.78, 5) is 14.9. The first kappa shape index (κ1) is 22.4. The number of aryl methyl sites for hydroxylation is 1. The van der Waals surface area contributed by atoms with E-state index in [-0.39, 0.29) is 17.7 Å². The fraction of sp³-hybridized carbons (Fsp3) is 0.524. The first-order chi connectivity index (χ1) is 14.2. The highest BCUT2D eigenvalue weighted by Crippen LogP contribution is 2.33. The number of nitrogens with one attached hydrogen (secondary N) is 2. The third kappa shape index (κ3) is 5.07. The Morgan fingerprint density at radius 1 is 1.17 bits per heavy atom. The van der Waals surface area contributed by atoms with Crippen LogP contribution in [-0.2, 0) is 24.6 Å². The van der Waals surface area contributed by atoms with Crippen LogP contribution in [0.5, 0.6) is 0 Å². The zero-order valence-electron chi connectivity index (χ0n) is 18.2. The van der Waals surface area contributed by atoms with Gasteiger partial charge in [-0.3, -0.25) is 14.3 Å². The lowest BCUT2D eigenvalue weighted by Crippen LogP contribution is -2.36. The van der Waals surface area contributed by atoms with E-state index in [1.54, 1.807) is 17.8 Å². The van der Waals surface area contributed by atoms with E-state index in [9.17, 15) is 13.4 Å². The maximum absolute atomic E-state index is 14.1. The summed E-state index contributed by atoms with van der Waals surface area (Å²) in [6, 6.07) is 4.01. The molecule has 30 heavy (non-hydrogen) atoms. The number of amides is 2. The van der Waals surface area contributed by atoms with Crippen LogP contribution in [0, 0.1) is 5.82 Å². The highest BCUT2D eigenvalue weighted by atomic mass is 32.2. The molecule has 0 spiro atoms. The Morgan fingerprint density at radius 2 is 1.77 bits per heavy atom. The van der Waals surface area contributed by atoms with Gasteiger partial charge >= 0.3 is 6.03 Å². The van der Waals surface area contributed by atoms with Gasteiger partial charge in [0.05, 0.1) is 5.69 Å². The van der Waals surface area contributed by atoms with E-state index >= 15 is 0 Å². The van der Waals surface area contributed by atoms with Gasteiger partial charge in [0.2, 0.25) is 0 Å². The fourth-order valence-electron chi connectivity index (χ4n) is 3.46. The van der Waals surface area contributed by atoms with Crippen molar-refractivity contribution in [3.05, 3.63) is 40.8 Å². The number of carbonyl (C=O) groups is 1. The summed E-state index contributed by atoms with van der Waals surface area (Å²) in [6.45, 7) is 10.6. The standard InChI is InChI=1S/C21H30FN5O2S/c1-13(2)17-9-15(22)10-18(14(3)4)20(17)23-21(28)25-30(29)19-11-16(26(5)24-19)12-27-7-6-8-27/h9-11,13-14H,6-8,12H2,1-5H3,(H2,23,25,28). The molecular weight excluding hydrogens is 405 g/mol. The first-order valence-corrected chi connectivity index (χ1v) is 11.4. The molecule has 2 amide bonds. The van der Waals surface area contributed by atoms with Crippen LogP contribution >= 0.6 is 0 Å². The Hall–Kier alpha value is -2.26. The van der Waals surface area contributed by atoms with Crippen molar-refractivity contribution < 1.29 is 13.4 Å². The molecule has 1 fully saturated rings. The summed E-state index contributed by atoms with van der Waals surface area (Å²) < 4.78 is 30.9. The maximum Gasteiger partial charge on any atom is 0.331 e. The van der Waals surface area contributed by atoms with Crippen LogP contribution in [0.2, 0.25) is 0 Å². The fourth-order valence-corrected chi connectivity index (χ4v) is 4.23. The number of hydrogen-bond donors (Lipinski definition) is 2. The Bertz CT molecular complexity index is 924. The molecule has 0 radical (unpaired) electrons. The Labute approximate surface area is 179 Å². The summed E-state index contributed by atoms with van der Waals surface area (Å²) in [6.07, 6.45) is 1.19. The molecule has 0 bridgehead atoms. The monoisotopic (exact) mass is 435 g/mol. The smallest absolute Gasteiger partial charge is 0.307 e. The van der Waals surface area contributed by atoms with Gasteiger partial charge in [0, 0.05) is 19.3 Å². The number of carbonyl (C=O) groups excluding carboxylic acids is 1. The molecule has 3 rings (SSSR count). The molecule has 1 aliphatic heterocycles. The molecule has 2 heterocycles. The molecule has 1 aliphatic rings. The maximum atomic E-state index is 14.1. The normalized spacial score (nSPS) is 15.3. The zero-order valence-corrected chi connectivity index (χ0v) is 19.0. The summed E-state index contributed by atoms with van der Waals surface area (Å²) in [7, 11) is 0.00284. The lowest BCUT2D eigenvalue weighted by atomic mass is 9.92. The molecular formula is C21H30FN5O2S. The third-order valence-electron chi connectivity index (χ3n) is 5.31. The quantitative estimate of drug-likeness (QED) is 0.692. The van der Waals surface area contributed by atoms with E-state index in [1.807, 2.05) is 27.7 Å². The van der Waals surface area contributed by atoms with E-state index < -0.39 is 17.0 Å². The van der Waals surface area contributed by atoms with E-state index in [4.69, 9.17) is 0 Å². The van der Waals surface area contributed by atoms with Crippen LogP contribution in [0.25, 0.3) is 0 Å². The van der Waals surface area contributed by atoms with Gasteiger partial charge in [-0.15, -0.1) is 0 Å². The molecule has 1 aromatic heterocycles. The average molecular weight is 436 g/mol. The van der Waals surface area contributed by atoms with Crippen LogP contribution in [0.15, 0.2) is 23.2 Å². The number of nitrogens with zero attached hydrogens (tertiary/aromatic N) is 3. The van der Waals surface area contributed by atoms with Gasteiger partial charge in [0.1, 0.15) is 5.82 Å². The molecule has 1 aromatic carbocycles. The van der Waals surface area contributed by atoms with Crippen LogP contribution in [0.4, 0.5) is 14.9 Å². The predicted molar refractivity (Wildman–Crippen MR) is 116 cm³/mol. The molecule has 0 saturated carbocycles. The van der Waals surface area contributed by atoms with Crippen LogP contribution in [-0.4, -0.2) is 38.0 Å². The van der Waals surface area contributed by atoms with Gasteiger partial charge in [-0.1, -0.05) is 27.7 Å².